The van der Waals surface area contributed by atoms with Crippen LogP contribution in [0.25, 0.3) is 0 Å². The van der Waals surface area contributed by atoms with E-state index in [2.05, 4.69) is 17.4 Å². The van der Waals surface area contributed by atoms with Gasteiger partial charge in [0.2, 0.25) is 6.29 Å². The molecule has 1 fully saturated rings. The van der Waals surface area contributed by atoms with E-state index in [9.17, 15) is 9.90 Å². The van der Waals surface area contributed by atoms with Gasteiger partial charge in [-0.15, -0.1) is 0 Å². The number of carbonyl (C=O) groups is 1. The SMILES string of the molecule is CCO[C@H]1OC(C(=O)NCCc2ccccc2)=C[C@@H](C2CCC2)[C@H]1CCCO. The molecule has 28 heavy (non-hydrogen) atoms. The second-order valence-electron chi connectivity index (χ2n) is 7.76. The van der Waals surface area contributed by atoms with Crippen molar-refractivity contribution in [3.63, 3.8) is 0 Å². The number of aliphatic hydroxyl groups excluding tert-OH is 1. The zero-order chi connectivity index (χ0) is 19.8. The van der Waals surface area contributed by atoms with Crippen molar-refractivity contribution in [2.75, 3.05) is 19.8 Å². The Hall–Kier alpha value is -1.85. The summed E-state index contributed by atoms with van der Waals surface area (Å²) >= 11 is 0. The molecule has 1 aliphatic heterocycles. The first kappa shape index (κ1) is 20.9. The normalized spacial score (nSPS) is 24.8. The molecule has 1 heterocycles. The van der Waals surface area contributed by atoms with E-state index in [1.54, 1.807) is 0 Å². The number of hydrogen-bond donors (Lipinski definition) is 2. The van der Waals surface area contributed by atoms with Crippen molar-refractivity contribution in [2.45, 2.75) is 51.7 Å². The predicted octanol–water partition coefficient (Wildman–Crippen LogP) is 3.43. The first-order chi connectivity index (χ1) is 13.7. The van der Waals surface area contributed by atoms with Crippen molar-refractivity contribution in [3.8, 4) is 0 Å². The van der Waals surface area contributed by atoms with Gasteiger partial charge in [-0.2, -0.15) is 0 Å². The van der Waals surface area contributed by atoms with E-state index in [-0.39, 0.29) is 24.3 Å². The number of nitrogens with one attached hydrogen (secondary N) is 1. The summed E-state index contributed by atoms with van der Waals surface area (Å²) in [5.74, 6) is 1.29. The molecule has 0 spiro atoms. The highest BCUT2D eigenvalue weighted by Crippen LogP contribution is 2.44. The third kappa shape index (κ3) is 5.36. The van der Waals surface area contributed by atoms with Crippen LogP contribution < -0.4 is 5.32 Å². The van der Waals surface area contributed by atoms with Gasteiger partial charge in [-0.05, 0) is 62.5 Å². The smallest absolute Gasteiger partial charge is 0.286 e. The summed E-state index contributed by atoms with van der Waals surface area (Å²) in [5, 5.41) is 12.3. The number of hydrogen-bond acceptors (Lipinski definition) is 4. The van der Waals surface area contributed by atoms with E-state index in [0.717, 1.165) is 19.3 Å². The summed E-state index contributed by atoms with van der Waals surface area (Å²) in [6.45, 7) is 3.23. The zero-order valence-corrected chi connectivity index (χ0v) is 16.8. The summed E-state index contributed by atoms with van der Waals surface area (Å²) < 4.78 is 11.9. The lowest BCUT2D eigenvalue weighted by Gasteiger charge is -2.43. The van der Waals surface area contributed by atoms with Crippen LogP contribution in [0.15, 0.2) is 42.2 Å². The maximum Gasteiger partial charge on any atom is 0.286 e. The second kappa shape index (κ2) is 10.6. The predicted molar refractivity (Wildman–Crippen MR) is 108 cm³/mol. The Kier molecular flexibility index (Phi) is 7.92. The standard InChI is InChI=1S/C23H33NO4/c1-2-27-23-19(12-7-15-25)20(18-10-6-11-18)16-21(28-23)22(26)24-14-13-17-8-4-3-5-9-17/h3-5,8-9,16,18-20,23,25H,2,6-7,10-15H2,1H3,(H,24,26)/t19-,20+,23+/m1/s1. The van der Waals surface area contributed by atoms with Gasteiger partial charge in [-0.3, -0.25) is 4.79 Å². The number of ether oxygens (including phenoxy) is 2. The molecule has 0 radical (unpaired) electrons. The maximum atomic E-state index is 12.7. The summed E-state index contributed by atoms with van der Waals surface area (Å²) in [4.78, 5) is 12.7. The molecule has 1 aromatic rings. The summed E-state index contributed by atoms with van der Waals surface area (Å²) in [7, 11) is 0. The third-order valence-corrected chi connectivity index (χ3v) is 5.92. The highest BCUT2D eigenvalue weighted by atomic mass is 16.7. The van der Waals surface area contributed by atoms with Crippen LogP contribution in [0.5, 0.6) is 0 Å². The van der Waals surface area contributed by atoms with E-state index in [4.69, 9.17) is 9.47 Å². The molecule has 0 bridgehead atoms. The monoisotopic (exact) mass is 387 g/mol. The van der Waals surface area contributed by atoms with Gasteiger partial charge in [0.1, 0.15) is 0 Å². The number of aliphatic hydroxyl groups is 1. The topological polar surface area (TPSA) is 67.8 Å². The highest BCUT2D eigenvalue weighted by Gasteiger charge is 2.42. The summed E-state index contributed by atoms with van der Waals surface area (Å²) in [6.07, 6.45) is 7.62. The van der Waals surface area contributed by atoms with Gasteiger partial charge in [0, 0.05) is 25.7 Å². The van der Waals surface area contributed by atoms with Crippen LogP contribution in [0.1, 0.15) is 44.6 Å². The van der Waals surface area contributed by atoms with Crippen molar-refractivity contribution >= 4 is 5.91 Å². The molecule has 0 saturated heterocycles. The van der Waals surface area contributed by atoms with Gasteiger partial charge in [0.05, 0.1) is 0 Å². The minimum atomic E-state index is -0.415. The Labute approximate surface area is 168 Å². The van der Waals surface area contributed by atoms with Crippen LogP contribution in [-0.4, -0.2) is 37.1 Å². The van der Waals surface area contributed by atoms with Crippen LogP contribution in [0.4, 0.5) is 0 Å². The van der Waals surface area contributed by atoms with Crippen molar-refractivity contribution < 1.29 is 19.4 Å². The molecule has 1 saturated carbocycles. The van der Waals surface area contributed by atoms with E-state index >= 15 is 0 Å². The van der Waals surface area contributed by atoms with Crippen LogP contribution in [-0.2, 0) is 20.7 Å². The number of allylic oxidation sites excluding steroid dienone is 1. The minimum absolute atomic E-state index is 0.162. The zero-order valence-electron chi connectivity index (χ0n) is 16.8. The van der Waals surface area contributed by atoms with Gasteiger partial charge in [0.15, 0.2) is 5.76 Å². The van der Waals surface area contributed by atoms with E-state index < -0.39 is 6.29 Å². The molecular weight excluding hydrogens is 354 g/mol. The molecule has 0 unspecified atom stereocenters. The molecule has 3 atom stereocenters. The van der Waals surface area contributed by atoms with Crippen LogP contribution in [0.2, 0.25) is 0 Å². The molecule has 1 aliphatic carbocycles. The van der Waals surface area contributed by atoms with Gasteiger partial charge in [0.25, 0.3) is 5.91 Å². The molecule has 3 rings (SSSR count). The fourth-order valence-electron chi connectivity index (χ4n) is 4.20. The lowest BCUT2D eigenvalue weighted by atomic mass is 9.68. The van der Waals surface area contributed by atoms with Crippen LogP contribution in [0, 0.1) is 17.8 Å². The Morgan fingerprint density at radius 1 is 1.29 bits per heavy atom. The van der Waals surface area contributed by atoms with Gasteiger partial charge in [-0.1, -0.05) is 36.8 Å². The average molecular weight is 388 g/mol. The quantitative estimate of drug-likeness (QED) is 0.645. The Morgan fingerprint density at radius 3 is 2.71 bits per heavy atom. The largest absolute Gasteiger partial charge is 0.459 e. The van der Waals surface area contributed by atoms with Crippen molar-refractivity contribution in [2.24, 2.45) is 17.8 Å². The van der Waals surface area contributed by atoms with Crippen LogP contribution >= 0.6 is 0 Å². The van der Waals surface area contributed by atoms with E-state index in [1.807, 2.05) is 31.2 Å². The number of rotatable bonds is 10. The number of carbonyl (C=O) groups excluding carboxylic acids is 1. The molecule has 2 aliphatic rings. The summed E-state index contributed by atoms with van der Waals surface area (Å²) in [5.41, 5.74) is 1.20. The summed E-state index contributed by atoms with van der Waals surface area (Å²) in [6, 6.07) is 10.1. The molecule has 5 heteroatoms. The number of benzene rings is 1. The van der Waals surface area contributed by atoms with E-state index in [0.29, 0.717) is 24.8 Å². The molecular formula is C23H33NO4. The maximum absolute atomic E-state index is 12.7. The van der Waals surface area contributed by atoms with Crippen molar-refractivity contribution in [3.05, 3.63) is 47.7 Å². The lowest BCUT2D eigenvalue weighted by Crippen LogP contribution is -2.43. The fourth-order valence-corrected chi connectivity index (χ4v) is 4.20. The minimum Gasteiger partial charge on any atom is -0.459 e. The van der Waals surface area contributed by atoms with Crippen molar-refractivity contribution in [1.29, 1.82) is 0 Å². The lowest BCUT2D eigenvalue weighted by molar-refractivity contribution is -0.178. The molecule has 5 nitrogen and oxygen atoms in total. The highest BCUT2D eigenvalue weighted by molar-refractivity contribution is 5.91. The second-order valence-corrected chi connectivity index (χ2v) is 7.76. The van der Waals surface area contributed by atoms with Gasteiger partial charge in [-0.25, -0.2) is 0 Å². The van der Waals surface area contributed by atoms with Crippen LogP contribution in [0.3, 0.4) is 0 Å². The molecule has 1 amide bonds. The molecule has 1 aromatic carbocycles. The van der Waals surface area contributed by atoms with Crippen molar-refractivity contribution in [1.82, 2.24) is 5.32 Å². The Bertz CT molecular complexity index is 641. The van der Waals surface area contributed by atoms with E-state index in [1.165, 1.54) is 24.8 Å². The first-order valence-corrected chi connectivity index (χ1v) is 10.7. The van der Waals surface area contributed by atoms with Gasteiger partial charge < -0.3 is 19.9 Å². The van der Waals surface area contributed by atoms with Gasteiger partial charge >= 0.3 is 0 Å². The molecule has 0 aromatic heterocycles. The average Bonchev–Trinajstić information content (AvgIpc) is 2.67. The number of amides is 1. The first-order valence-electron chi connectivity index (χ1n) is 10.7. The Balaban J connectivity index is 1.65. The third-order valence-electron chi connectivity index (χ3n) is 5.92. The molecule has 2 N–H and O–H groups in total. The Morgan fingerprint density at radius 2 is 2.07 bits per heavy atom. The molecule has 154 valence electrons. The fraction of sp³-hybridized carbons (Fsp3) is 0.609.